The first-order valence-corrected chi connectivity index (χ1v) is 4.93. The van der Waals surface area contributed by atoms with Gasteiger partial charge < -0.3 is 4.40 Å². The van der Waals surface area contributed by atoms with E-state index in [9.17, 15) is 0 Å². The second-order valence-corrected chi connectivity index (χ2v) is 4.83. The largest absolute Gasteiger partial charge is 0.303 e. The Morgan fingerprint density at radius 3 is 2.57 bits per heavy atom. The molecule has 2 aromatic rings. The average molecular weight is 188 g/mol. The van der Waals surface area contributed by atoms with Gasteiger partial charge in [-0.2, -0.15) is 0 Å². The molecule has 0 amide bonds. The second kappa shape index (κ2) is 2.84. The van der Waals surface area contributed by atoms with E-state index in [0.29, 0.717) is 0 Å². The number of nitrogens with zero attached hydrogens (tertiary/aromatic N) is 2. The van der Waals surface area contributed by atoms with Gasteiger partial charge >= 0.3 is 0 Å². The van der Waals surface area contributed by atoms with Crippen LogP contribution in [0.1, 0.15) is 32.2 Å². The highest BCUT2D eigenvalue weighted by Gasteiger charge is 2.19. The van der Waals surface area contributed by atoms with E-state index in [1.54, 1.807) is 0 Å². The Hall–Kier alpha value is -1.31. The summed E-state index contributed by atoms with van der Waals surface area (Å²) in [5.74, 6) is 1.12. The molecule has 0 saturated heterocycles. The minimum absolute atomic E-state index is 0.0974. The standard InChI is InChI=1S/C12H16N2/c1-9-5-6-10-7-13-11(12(2,3)4)14(10)8-9/h5-8H,1-4H3. The maximum Gasteiger partial charge on any atom is 0.118 e. The van der Waals surface area contributed by atoms with Gasteiger partial charge in [0.25, 0.3) is 0 Å². The molecule has 0 aliphatic carbocycles. The predicted molar refractivity (Wildman–Crippen MR) is 58.6 cm³/mol. The summed E-state index contributed by atoms with van der Waals surface area (Å²) in [6, 6.07) is 4.22. The predicted octanol–water partition coefficient (Wildman–Crippen LogP) is 2.94. The third-order valence-corrected chi connectivity index (χ3v) is 2.35. The van der Waals surface area contributed by atoms with Crippen LogP contribution >= 0.6 is 0 Å². The molecule has 0 unspecified atom stereocenters. The SMILES string of the molecule is Cc1ccc2cnc(C(C)(C)C)n2c1. The Kier molecular flexibility index (Phi) is 1.88. The summed E-state index contributed by atoms with van der Waals surface area (Å²) < 4.78 is 2.18. The normalized spacial score (nSPS) is 12.3. The maximum absolute atomic E-state index is 4.47. The van der Waals surface area contributed by atoms with Crippen LogP contribution in [0.3, 0.4) is 0 Å². The molecule has 0 N–H and O–H groups in total. The van der Waals surface area contributed by atoms with Crippen LogP contribution in [-0.4, -0.2) is 9.38 Å². The molecule has 0 aromatic carbocycles. The lowest BCUT2D eigenvalue weighted by atomic mass is 9.96. The van der Waals surface area contributed by atoms with Gasteiger partial charge in [-0.3, -0.25) is 0 Å². The Balaban J connectivity index is 2.73. The molecule has 0 radical (unpaired) electrons. The Labute approximate surface area is 84.6 Å². The highest BCUT2D eigenvalue weighted by Crippen LogP contribution is 2.22. The van der Waals surface area contributed by atoms with Crippen molar-refractivity contribution in [3.8, 4) is 0 Å². The molecule has 2 heteroatoms. The van der Waals surface area contributed by atoms with Crippen molar-refractivity contribution in [1.82, 2.24) is 9.38 Å². The van der Waals surface area contributed by atoms with Crippen molar-refractivity contribution in [2.75, 3.05) is 0 Å². The quantitative estimate of drug-likeness (QED) is 0.621. The zero-order chi connectivity index (χ0) is 10.3. The Morgan fingerprint density at radius 1 is 1.21 bits per heavy atom. The molecule has 0 bridgehead atoms. The van der Waals surface area contributed by atoms with Crippen molar-refractivity contribution >= 4 is 5.52 Å². The monoisotopic (exact) mass is 188 g/mol. The first-order chi connectivity index (χ1) is 6.48. The molecule has 2 rings (SSSR count). The van der Waals surface area contributed by atoms with Crippen molar-refractivity contribution in [2.24, 2.45) is 0 Å². The van der Waals surface area contributed by atoms with E-state index in [2.05, 4.69) is 55.4 Å². The molecule has 0 atom stereocenters. The van der Waals surface area contributed by atoms with E-state index in [4.69, 9.17) is 0 Å². The number of rotatable bonds is 0. The van der Waals surface area contributed by atoms with Gasteiger partial charge in [-0.1, -0.05) is 26.8 Å². The molecule has 0 aliphatic heterocycles. The van der Waals surface area contributed by atoms with Crippen LogP contribution in [0.15, 0.2) is 24.5 Å². The number of pyridine rings is 1. The average Bonchev–Trinajstić information content (AvgIpc) is 2.45. The fourth-order valence-corrected chi connectivity index (χ4v) is 1.65. The molecule has 2 nitrogen and oxygen atoms in total. The van der Waals surface area contributed by atoms with Crippen LogP contribution in [-0.2, 0) is 5.41 Å². The second-order valence-electron chi connectivity index (χ2n) is 4.83. The molecule has 14 heavy (non-hydrogen) atoms. The van der Waals surface area contributed by atoms with Gasteiger partial charge in [0.05, 0.1) is 11.7 Å². The van der Waals surface area contributed by atoms with Crippen LogP contribution in [0, 0.1) is 6.92 Å². The lowest BCUT2D eigenvalue weighted by Gasteiger charge is -2.16. The van der Waals surface area contributed by atoms with Gasteiger partial charge in [0.15, 0.2) is 0 Å². The number of fused-ring (bicyclic) bond motifs is 1. The summed E-state index contributed by atoms with van der Waals surface area (Å²) in [6.45, 7) is 8.66. The topological polar surface area (TPSA) is 17.3 Å². The van der Waals surface area contributed by atoms with E-state index in [1.165, 1.54) is 11.1 Å². The van der Waals surface area contributed by atoms with Gasteiger partial charge in [0, 0.05) is 11.6 Å². The zero-order valence-electron chi connectivity index (χ0n) is 9.20. The molecular formula is C12H16N2. The van der Waals surface area contributed by atoms with E-state index >= 15 is 0 Å². The number of hydrogen-bond donors (Lipinski definition) is 0. The lowest BCUT2D eigenvalue weighted by molar-refractivity contribution is 0.543. The maximum atomic E-state index is 4.47. The summed E-state index contributed by atoms with van der Waals surface area (Å²) in [7, 11) is 0. The first-order valence-electron chi connectivity index (χ1n) is 4.93. The summed E-state index contributed by atoms with van der Waals surface area (Å²) in [6.07, 6.45) is 4.07. The van der Waals surface area contributed by atoms with Crippen molar-refractivity contribution < 1.29 is 0 Å². The van der Waals surface area contributed by atoms with Crippen LogP contribution in [0.4, 0.5) is 0 Å². The zero-order valence-corrected chi connectivity index (χ0v) is 9.20. The molecule has 0 aliphatic rings. The van der Waals surface area contributed by atoms with Crippen LogP contribution in [0.5, 0.6) is 0 Å². The van der Waals surface area contributed by atoms with Crippen molar-refractivity contribution in [3.05, 3.63) is 35.9 Å². The summed E-state index contributed by atoms with van der Waals surface area (Å²) in [5, 5.41) is 0. The molecule has 74 valence electrons. The van der Waals surface area contributed by atoms with Gasteiger partial charge in [-0.15, -0.1) is 0 Å². The van der Waals surface area contributed by atoms with E-state index in [-0.39, 0.29) is 5.41 Å². The summed E-state index contributed by atoms with van der Waals surface area (Å²) >= 11 is 0. The third-order valence-electron chi connectivity index (χ3n) is 2.35. The minimum atomic E-state index is 0.0974. The van der Waals surface area contributed by atoms with Crippen molar-refractivity contribution in [1.29, 1.82) is 0 Å². The van der Waals surface area contributed by atoms with Crippen LogP contribution in [0.25, 0.3) is 5.52 Å². The van der Waals surface area contributed by atoms with E-state index < -0.39 is 0 Å². The number of imidazole rings is 1. The summed E-state index contributed by atoms with van der Waals surface area (Å²) in [5.41, 5.74) is 2.53. The number of aromatic nitrogens is 2. The Morgan fingerprint density at radius 2 is 1.93 bits per heavy atom. The van der Waals surface area contributed by atoms with E-state index in [1.807, 2.05) is 6.20 Å². The molecular weight excluding hydrogens is 172 g/mol. The molecule has 0 saturated carbocycles. The van der Waals surface area contributed by atoms with Gasteiger partial charge in [0.2, 0.25) is 0 Å². The molecule has 0 spiro atoms. The molecule has 0 fully saturated rings. The van der Waals surface area contributed by atoms with E-state index in [0.717, 1.165) is 5.82 Å². The lowest BCUT2D eigenvalue weighted by Crippen LogP contribution is -2.15. The first kappa shape index (κ1) is 9.25. The fraction of sp³-hybridized carbons (Fsp3) is 0.417. The van der Waals surface area contributed by atoms with Crippen molar-refractivity contribution in [2.45, 2.75) is 33.1 Å². The fourth-order valence-electron chi connectivity index (χ4n) is 1.65. The smallest absolute Gasteiger partial charge is 0.118 e. The molecule has 2 aromatic heterocycles. The van der Waals surface area contributed by atoms with Gasteiger partial charge in [-0.05, 0) is 18.6 Å². The van der Waals surface area contributed by atoms with Crippen LogP contribution in [0.2, 0.25) is 0 Å². The van der Waals surface area contributed by atoms with Crippen molar-refractivity contribution in [3.63, 3.8) is 0 Å². The minimum Gasteiger partial charge on any atom is -0.303 e. The van der Waals surface area contributed by atoms with Gasteiger partial charge in [-0.25, -0.2) is 4.98 Å². The number of hydrogen-bond acceptors (Lipinski definition) is 1. The summed E-state index contributed by atoms with van der Waals surface area (Å²) in [4.78, 5) is 4.47. The highest BCUT2D eigenvalue weighted by molar-refractivity contribution is 5.47. The third kappa shape index (κ3) is 1.41. The van der Waals surface area contributed by atoms with Gasteiger partial charge in [0.1, 0.15) is 5.82 Å². The Bertz CT molecular complexity index is 461. The number of aryl methyl sites for hydroxylation is 1. The highest BCUT2D eigenvalue weighted by atomic mass is 15.0. The van der Waals surface area contributed by atoms with Crippen LogP contribution < -0.4 is 0 Å². The molecule has 2 heterocycles.